The highest BCUT2D eigenvalue weighted by atomic mass is 79.9. The van der Waals surface area contributed by atoms with Gasteiger partial charge in [-0.05, 0) is 70.5 Å². The molecule has 0 radical (unpaired) electrons. The molecule has 3 heteroatoms. The number of alkyl halides is 1. The maximum atomic E-state index is 13.6. The van der Waals surface area contributed by atoms with Gasteiger partial charge in [-0.15, -0.1) is 0 Å². The Morgan fingerprint density at radius 3 is 2.78 bits per heavy atom. The van der Waals surface area contributed by atoms with Crippen LogP contribution < -0.4 is 0 Å². The van der Waals surface area contributed by atoms with Crippen molar-refractivity contribution in [1.82, 2.24) is 0 Å². The molecule has 98 valence electrons. The monoisotopic (exact) mass is 374 g/mol. The van der Waals surface area contributed by atoms with Crippen LogP contribution in [0.1, 0.15) is 31.2 Å². The second-order valence-corrected chi connectivity index (χ2v) is 7.32. The molecule has 3 unspecified atom stereocenters. The van der Waals surface area contributed by atoms with E-state index in [2.05, 4.69) is 37.9 Å². The van der Waals surface area contributed by atoms with Crippen molar-refractivity contribution in [3.63, 3.8) is 0 Å². The first-order valence-electron chi connectivity index (χ1n) is 6.63. The normalized spacial score (nSPS) is 34.2. The summed E-state index contributed by atoms with van der Waals surface area (Å²) in [7, 11) is 0. The van der Waals surface area contributed by atoms with Crippen LogP contribution in [0.2, 0.25) is 0 Å². The zero-order valence-corrected chi connectivity index (χ0v) is 13.4. The third-order valence-corrected chi connectivity index (χ3v) is 6.95. The Bertz CT molecular complexity index is 460. The number of benzene rings is 1. The van der Waals surface area contributed by atoms with Gasteiger partial charge < -0.3 is 0 Å². The number of hydrogen-bond acceptors (Lipinski definition) is 0. The third kappa shape index (κ3) is 2.07. The van der Waals surface area contributed by atoms with Crippen molar-refractivity contribution in [2.24, 2.45) is 17.3 Å². The summed E-state index contributed by atoms with van der Waals surface area (Å²) in [6.45, 7) is 0. The van der Waals surface area contributed by atoms with E-state index in [1.807, 2.05) is 6.07 Å². The van der Waals surface area contributed by atoms with Crippen molar-refractivity contribution in [1.29, 1.82) is 0 Å². The van der Waals surface area contributed by atoms with Crippen LogP contribution in [0, 0.1) is 23.1 Å². The van der Waals surface area contributed by atoms with Gasteiger partial charge in [0.2, 0.25) is 0 Å². The maximum absolute atomic E-state index is 13.6. The van der Waals surface area contributed by atoms with Crippen LogP contribution in [0.15, 0.2) is 22.7 Å². The van der Waals surface area contributed by atoms with Gasteiger partial charge in [-0.3, -0.25) is 0 Å². The molecule has 0 N–H and O–H groups in total. The van der Waals surface area contributed by atoms with Crippen molar-refractivity contribution in [3.05, 3.63) is 34.1 Å². The molecule has 1 aromatic rings. The Morgan fingerprint density at radius 2 is 2.17 bits per heavy atom. The largest absolute Gasteiger partial charge is 0.206 e. The summed E-state index contributed by atoms with van der Waals surface area (Å²) >= 11 is 7.13. The topological polar surface area (TPSA) is 0 Å². The van der Waals surface area contributed by atoms with Gasteiger partial charge >= 0.3 is 0 Å². The van der Waals surface area contributed by atoms with E-state index in [4.69, 9.17) is 0 Å². The van der Waals surface area contributed by atoms with Gasteiger partial charge in [0.25, 0.3) is 0 Å². The quantitative estimate of drug-likeness (QED) is 0.626. The number of rotatable bonds is 3. The second-order valence-electron chi connectivity index (χ2n) is 5.97. The van der Waals surface area contributed by atoms with Crippen molar-refractivity contribution < 1.29 is 4.39 Å². The van der Waals surface area contributed by atoms with Crippen LogP contribution in [0.5, 0.6) is 0 Å². The molecule has 2 saturated carbocycles. The lowest BCUT2D eigenvalue weighted by atomic mass is 9.71. The van der Waals surface area contributed by atoms with Gasteiger partial charge in [-0.25, -0.2) is 4.39 Å². The predicted molar refractivity (Wildman–Crippen MR) is 79.5 cm³/mol. The first-order valence-corrected chi connectivity index (χ1v) is 8.55. The highest BCUT2D eigenvalue weighted by Gasteiger charge is 2.50. The molecule has 3 rings (SSSR count). The first-order chi connectivity index (χ1) is 8.64. The Balaban J connectivity index is 1.88. The standard InChI is InChI=1S/C15H17Br2F/c16-9-15(7-10-4-5-12(15)6-10)8-11-2-1-3-13(18)14(11)17/h1-3,10,12H,4-9H2. The molecule has 2 aliphatic rings. The van der Waals surface area contributed by atoms with E-state index in [0.29, 0.717) is 9.89 Å². The van der Waals surface area contributed by atoms with Crippen molar-refractivity contribution in [2.45, 2.75) is 32.1 Å². The van der Waals surface area contributed by atoms with Gasteiger partial charge in [0.05, 0.1) is 4.47 Å². The molecule has 0 heterocycles. The van der Waals surface area contributed by atoms with Gasteiger partial charge in [0.15, 0.2) is 0 Å². The molecule has 2 bridgehead atoms. The molecule has 2 aliphatic carbocycles. The molecule has 3 atom stereocenters. The average molecular weight is 376 g/mol. The van der Waals surface area contributed by atoms with Crippen molar-refractivity contribution >= 4 is 31.9 Å². The molecule has 0 spiro atoms. The van der Waals surface area contributed by atoms with E-state index in [1.165, 1.54) is 31.7 Å². The summed E-state index contributed by atoms with van der Waals surface area (Å²) in [4.78, 5) is 0. The minimum atomic E-state index is -0.139. The van der Waals surface area contributed by atoms with Gasteiger partial charge in [-0.2, -0.15) is 0 Å². The molecule has 0 aliphatic heterocycles. The summed E-state index contributed by atoms with van der Waals surface area (Å²) in [6.07, 6.45) is 6.47. The highest BCUT2D eigenvalue weighted by molar-refractivity contribution is 9.10. The van der Waals surface area contributed by atoms with E-state index < -0.39 is 0 Å². The van der Waals surface area contributed by atoms with Crippen LogP contribution >= 0.6 is 31.9 Å². The lowest BCUT2D eigenvalue weighted by Gasteiger charge is -2.36. The van der Waals surface area contributed by atoms with E-state index in [1.54, 1.807) is 0 Å². The van der Waals surface area contributed by atoms with E-state index in [0.717, 1.165) is 29.2 Å². The molecular formula is C15H17Br2F. The van der Waals surface area contributed by atoms with Crippen LogP contribution in [-0.2, 0) is 6.42 Å². The molecule has 0 saturated heterocycles. The predicted octanol–water partition coefficient (Wildman–Crippen LogP) is 5.33. The van der Waals surface area contributed by atoms with Gasteiger partial charge in [0, 0.05) is 5.33 Å². The molecule has 0 nitrogen and oxygen atoms in total. The van der Waals surface area contributed by atoms with Gasteiger partial charge in [-0.1, -0.05) is 34.5 Å². The van der Waals surface area contributed by atoms with Gasteiger partial charge in [0.1, 0.15) is 5.82 Å². The lowest BCUT2D eigenvalue weighted by Crippen LogP contribution is -2.32. The summed E-state index contributed by atoms with van der Waals surface area (Å²) in [5.74, 6) is 1.61. The number of fused-ring (bicyclic) bond motifs is 2. The zero-order chi connectivity index (χ0) is 12.8. The summed E-state index contributed by atoms with van der Waals surface area (Å²) in [5.41, 5.74) is 1.49. The minimum absolute atomic E-state index is 0.139. The fourth-order valence-electron chi connectivity index (χ4n) is 4.05. The molecule has 0 aromatic heterocycles. The fourth-order valence-corrected chi connectivity index (χ4v) is 5.34. The minimum Gasteiger partial charge on any atom is -0.206 e. The summed E-state index contributed by atoms with van der Waals surface area (Å²) in [6, 6.07) is 5.41. The Hall–Kier alpha value is 0.110. The van der Waals surface area contributed by atoms with E-state index in [-0.39, 0.29) is 5.82 Å². The smallest absolute Gasteiger partial charge is 0.137 e. The van der Waals surface area contributed by atoms with Crippen LogP contribution in [0.3, 0.4) is 0 Å². The average Bonchev–Trinajstić information content (AvgIpc) is 2.96. The number of hydrogen-bond donors (Lipinski definition) is 0. The molecular weight excluding hydrogens is 359 g/mol. The fraction of sp³-hybridized carbons (Fsp3) is 0.600. The Morgan fingerprint density at radius 1 is 1.33 bits per heavy atom. The van der Waals surface area contributed by atoms with Crippen molar-refractivity contribution in [2.75, 3.05) is 5.33 Å². The van der Waals surface area contributed by atoms with E-state index >= 15 is 0 Å². The summed E-state index contributed by atoms with van der Waals surface area (Å²) in [5, 5.41) is 1.05. The van der Waals surface area contributed by atoms with Crippen LogP contribution in [-0.4, -0.2) is 5.33 Å². The lowest BCUT2D eigenvalue weighted by molar-refractivity contribution is 0.196. The zero-order valence-electron chi connectivity index (χ0n) is 10.3. The molecule has 18 heavy (non-hydrogen) atoms. The van der Waals surface area contributed by atoms with Crippen molar-refractivity contribution in [3.8, 4) is 0 Å². The highest BCUT2D eigenvalue weighted by Crippen LogP contribution is 2.58. The maximum Gasteiger partial charge on any atom is 0.137 e. The Kier molecular flexibility index (Phi) is 3.57. The molecule has 1 aromatic carbocycles. The summed E-state index contributed by atoms with van der Waals surface area (Å²) < 4.78 is 14.3. The third-order valence-electron chi connectivity index (χ3n) is 4.94. The second kappa shape index (κ2) is 4.90. The molecule has 2 fully saturated rings. The first kappa shape index (κ1) is 13.1. The number of halogens is 3. The molecule has 0 amide bonds. The van der Waals surface area contributed by atoms with E-state index in [9.17, 15) is 4.39 Å². The van der Waals surface area contributed by atoms with Crippen LogP contribution in [0.4, 0.5) is 4.39 Å². The SMILES string of the molecule is Fc1cccc(CC2(CBr)CC3CCC2C3)c1Br. The van der Waals surface area contributed by atoms with Crippen LogP contribution in [0.25, 0.3) is 0 Å². The Labute approximate surface area is 125 Å².